The van der Waals surface area contributed by atoms with Gasteiger partial charge in [-0.05, 0) is 50.2 Å². The second-order valence-corrected chi connectivity index (χ2v) is 9.81. The van der Waals surface area contributed by atoms with Gasteiger partial charge in [-0.25, -0.2) is 13.1 Å². The van der Waals surface area contributed by atoms with Crippen molar-refractivity contribution in [3.63, 3.8) is 0 Å². The van der Waals surface area contributed by atoms with Crippen LogP contribution in [0.2, 0.25) is 5.02 Å². The van der Waals surface area contributed by atoms with E-state index in [0.29, 0.717) is 24.6 Å². The van der Waals surface area contributed by atoms with Gasteiger partial charge >= 0.3 is 0 Å². The standard InChI is InChI=1S/C22H23ClN4O4S/c1-15-13-16(2)27(25-15)21-6-4-3-5-20(21)24-22(28)18-14-17(7-8-19(18)23)32(29,30)26-9-11-31-12-10-26/h3-8,13-14H,9-12H2,1-2H3,(H,24,28). The molecule has 10 heteroatoms. The summed E-state index contributed by atoms with van der Waals surface area (Å²) in [7, 11) is -3.76. The van der Waals surface area contributed by atoms with E-state index in [-0.39, 0.29) is 28.6 Å². The molecule has 0 bridgehead atoms. The quantitative estimate of drug-likeness (QED) is 0.611. The molecule has 0 radical (unpaired) electrons. The van der Waals surface area contributed by atoms with E-state index < -0.39 is 15.9 Å². The van der Waals surface area contributed by atoms with Crippen molar-refractivity contribution in [1.82, 2.24) is 14.1 Å². The van der Waals surface area contributed by atoms with Crippen LogP contribution in [0.4, 0.5) is 5.69 Å². The summed E-state index contributed by atoms with van der Waals surface area (Å²) < 4.78 is 34.3. The van der Waals surface area contributed by atoms with E-state index >= 15 is 0 Å². The SMILES string of the molecule is Cc1cc(C)n(-c2ccccc2NC(=O)c2cc(S(=O)(=O)N3CCOCC3)ccc2Cl)n1. The average Bonchev–Trinajstić information content (AvgIpc) is 3.12. The molecule has 1 amide bonds. The lowest BCUT2D eigenvalue weighted by atomic mass is 10.2. The molecular weight excluding hydrogens is 452 g/mol. The minimum Gasteiger partial charge on any atom is -0.379 e. The summed E-state index contributed by atoms with van der Waals surface area (Å²) in [6.45, 7) is 5.03. The third-order valence-electron chi connectivity index (χ3n) is 5.18. The lowest BCUT2D eigenvalue weighted by Gasteiger charge is -2.26. The van der Waals surface area contributed by atoms with E-state index in [9.17, 15) is 13.2 Å². The first kappa shape index (κ1) is 22.5. The molecule has 1 N–H and O–H groups in total. The number of hydrogen-bond donors (Lipinski definition) is 1. The summed E-state index contributed by atoms with van der Waals surface area (Å²) in [5.41, 5.74) is 3.07. The Balaban J connectivity index is 1.65. The van der Waals surface area contributed by atoms with Gasteiger partial charge in [0.05, 0.1) is 45.8 Å². The smallest absolute Gasteiger partial charge is 0.257 e. The highest BCUT2D eigenvalue weighted by Crippen LogP contribution is 2.26. The number of morpholine rings is 1. The Kier molecular flexibility index (Phi) is 6.34. The molecule has 0 atom stereocenters. The molecule has 4 rings (SSSR count). The predicted molar refractivity (Wildman–Crippen MR) is 122 cm³/mol. The van der Waals surface area contributed by atoms with Crippen LogP contribution in [0.3, 0.4) is 0 Å². The Morgan fingerprint density at radius 1 is 1.09 bits per heavy atom. The molecule has 1 aliphatic heterocycles. The summed E-state index contributed by atoms with van der Waals surface area (Å²) in [5, 5.41) is 7.49. The Morgan fingerprint density at radius 3 is 2.50 bits per heavy atom. The van der Waals surface area contributed by atoms with Crippen molar-refractivity contribution in [3.8, 4) is 5.69 Å². The number of sulfonamides is 1. The molecular formula is C22H23ClN4O4S. The lowest BCUT2D eigenvalue weighted by Crippen LogP contribution is -2.40. The van der Waals surface area contributed by atoms with Crippen LogP contribution in [0.15, 0.2) is 53.4 Å². The Morgan fingerprint density at radius 2 is 1.81 bits per heavy atom. The minimum absolute atomic E-state index is 0.0146. The topological polar surface area (TPSA) is 93.5 Å². The van der Waals surface area contributed by atoms with Crippen molar-refractivity contribution >= 4 is 33.2 Å². The summed E-state index contributed by atoms with van der Waals surface area (Å²) >= 11 is 6.27. The molecule has 0 unspecified atom stereocenters. The predicted octanol–water partition coefficient (Wildman–Crippen LogP) is 3.42. The maximum absolute atomic E-state index is 13.1. The second kappa shape index (κ2) is 9.03. The number of para-hydroxylation sites is 2. The van der Waals surface area contributed by atoms with E-state index in [4.69, 9.17) is 16.3 Å². The molecule has 2 aromatic carbocycles. The van der Waals surface area contributed by atoms with Gasteiger partial charge in [0.1, 0.15) is 0 Å². The largest absolute Gasteiger partial charge is 0.379 e. The van der Waals surface area contributed by atoms with Gasteiger partial charge in [0.25, 0.3) is 5.91 Å². The van der Waals surface area contributed by atoms with Crippen molar-refractivity contribution in [2.75, 3.05) is 31.6 Å². The number of carbonyl (C=O) groups is 1. The normalized spacial score (nSPS) is 15.0. The fourth-order valence-electron chi connectivity index (χ4n) is 3.60. The highest BCUT2D eigenvalue weighted by atomic mass is 35.5. The highest BCUT2D eigenvalue weighted by molar-refractivity contribution is 7.89. The molecule has 0 saturated carbocycles. The van der Waals surface area contributed by atoms with Crippen LogP contribution < -0.4 is 5.32 Å². The second-order valence-electron chi connectivity index (χ2n) is 7.47. The van der Waals surface area contributed by atoms with Crippen LogP contribution in [-0.2, 0) is 14.8 Å². The molecule has 0 spiro atoms. The first-order valence-corrected chi connectivity index (χ1v) is 11.9. The van der Waals surface area contributed by atoms with E-state index in [1.807, 2.05) is 32.0 Å². The van der Waals surface area contributed by atoms with E-state index in [2.05, 4.69) is 10.4 Å². The number of nitrogens with zero attached hydrogens (tertiary/aromatic N) is 3. The Bertz CT molecular complexity index is 1270. The van der Waals surface area contributed by atoms with Gasteiger partial charge in [-0.1, -0.05) is 23.7 Å². The van der Waals surface area contributed by atoms with Crippen molar-refractivity contribution in [2.24, 2.45) is 0 Å². The maximum atomic E-state index is 13.1. The third-order valence-corrected chi connectivity index (χ3v) is 7.40. The Labute approximate surface area is 191 Å². The van der Waals surface area contributed by atoms with Crippen LogP contribution in [-0.4, -0.2) is 54.7 Å². The number of rotatable bonds is 5. The van der Waals surface area contributed by atoms with Crippen LogP contribution in [0, 0.1) is 13.8 Å². The number of aryl methyl sites for hydroxylation is 2. The van der Waals surface area contributed by atoms with Crippen LogP contribution in [0.25, 0.3) is 5.69 Å². The number of anilines is 1. The van der Waals surface area contributed by atoms with Crippen molar-refractivity contribution in [2.45, 2.75) is 18.7 Å². The van der Waals surface area contributed by atoms with Gasteiger partial charge in [0.2, 0.25) is 10.0 Å². The van der Waals surface area contributed by atoms with Crippen molar-refractivity contribution in [1.29, 1.82) is 0 Å². The molecule has 1 aromatic heterocycles. The molecule has 168 valence electrons. The van der Waals surface area contributed by atoms with Gasteiger partial charge in [0, 0.05) is 18.8 Å². The van der Waals surface area contributed by atoms with Gasteiger partial charge in [-0.15, -0.1) is 0 Å². The van der Waals surface area contributed by atoms with Gasteiger partial charge in [-0.3, -0.25) is 4.79 Å². The molecule has 3 aromatic rings. The highest BCUT2D eigenvalue weighted by Gasteiger charge is 2.27. The summed E-state index contributed by atoms with van der Waals surface area (Å²) in [6, 6.07) is 13.3. The zero-order valence-electron chi connectivity index (χ0n) is 17.7. The van der Waals surface area contributed by atoms with Gasteiger partial charge in [-0.2, -0.15) is 9.40 Å². The molecule has 8 nitrogen and oxygen atoms in total. The Hall–Kier alpha value is -2.72. The number of nitrogens with one attached hydrogen (secondary N) is 1. The number of amides is 1. The molecule has 1 aliphatic rings. The van der Waals surface area contributed by atoms with Crippen LogP contribution >= 0.6 is 11.6 Å². The first-order valence-electron chi connectivity index (χ1n) is 10.1. The van der Waals surface area contributed by atoms with Crippen molar-refractivity contribution < 1.29 is 17.9 Å². The molecule has 0 aliphatic carbocycles. The summed E-state index contributed by atoms with van der Waals surface area (Å²) in [5.74, 6) is -0.511. The van der Waals surface area contributed by atoms with Gasteiger partial charge < -0.3 is 10.1 Å². The summed E-state index contributed by atoms with van der Waals surface area (Å²) in [6.07, 6.45) is 0. The van der Waals surface area contributed by atoms with Crippen LogP contribution in [0.5, 0.6) is 0 Å². The fraction of sp³-hybridized carbons (Fsp3) is 0.273. The lowest BCUT2D eigenvalue weighted by molar-refractivity contribution is 0.0730. The number of aromatic nitrogens is 2. The molecule has 2 heterocycles. The number of ether oxygens (including phenoxy) is 1. The number of carbonyl (C=O) groups excluding carboxylic acids is 1. The molecule has 1 fully saturated rings. The number of benzene rings is 2. The molecule has 1 saturated heterocycles. The average molecular weight is 475 g/mol. The van der Waals surface area contributed by atoms with E-state index in [0.717, 1.165) is 11.4 Å². The maximum Gasteiger partial charge on any atom is 0.257 e. The van der Waals surface area contributed by atoms with Gasteiger partial charge in [0.15, 0.2) is 0 Å². The van der Waals surface area contributed by atoms with Crippen LogP contribution in [0.1, 0.15) is 21.7 Å². The number of halogens is 1. The molecule has 32 heavy (non-hydrogen) atoms. The number of hydrogen-bond acceptors (Lipinski definition) is 5. The van der Waals surface area contributed by atoms with E-state index in [1.165, 1.54) is 22.5 Å². The van der Waals surface area contributed by atoms with Crippen molar-refractivity contribution in [3.05, 3.63) is 70.5 Å². The zero-order chi connectivity index (χ0) is 22.9. The zero-order valence-corrected chi connectivity index (χ0v) is 19.3. The third kappa shape index (κ3) is 4.42. The fourth-order valence-corrected chi connectivity index (χ4v) is 5.24. The minimum atomic E-state index is -3.76. The first-order chi connectivity index (χ1) is 15.3. The van der Waals surface area contributed by atoms with E-state index in [1.54, 1.807) is 16.8 Å². The summed E-state index contributed by atoms with van der Waals surface area (Å²) in [4.78, 5) is 13.1. The monoisotopic (exact) mass is 474 g/mol.